The summed E-state index contributed by atoms with van der Waals surface area (Å²) < 4.78 is 20.7. The monoisotopic (exact) mass is 460 g/mol. The van der Waals surface area contributed by atoms with Crippen LogP contribution in [0, 0.1) is 0 Å². The van der Waals surface area contributed by atoms with Crippen LogP contribution >= 0.6 is 11.6 Å². The molecule has 0 aliphatic heterocycles. The molecule has 0 saturated heterocycles. The molecule has 2 amide bonds. The van der Waals surface area contributed by atoms with Crippen LogP contribution in [0.1, 0.15) is 10.7 Å². The van der Waals surface area contributed by atoms with Crippen molar-refractivity contribution in [2.24, 2.45) is 0 Å². The summed E-state index contributed by atoms with van der Waals surface area (Å²) in [6.45, 7) is 0.194. The molecule has 168 valence electrons. The van der Waals surface area contributed by atoms with E-state index in [1.54, 1.807) is 49.6 Å². The maximum atomic E-state index is 12.2. The van der Waals surface area contributed by atoms with Crippen molar-refractivity contribution in [3.8, 4) is 28.6 Å². The third kappa shape index (κ3) is 6.11. The molecule has 0 aliphatic carbocycles. The van der Waals surface area contributed by atoms with Gasteiger partial charge in [-0.15, -0.1) is 0 Å². The Bertz CT molecular complexity index is 1070. The second kappa shape index (κ2) is 11.0. The number of halogens is 1. The Labute approximate surface area is 188 Å². The number of amides is 2. The predicted molar refractivity (Wildman–Crippen MR) is 115 cm³/mol. The van der Waals surface area contributed by atoms with Gasteiger partial charge in [-0.1, -0.05) is 16.8 Å². The molecule has 0 spiro atoms. The minimum Gasteiger partial charge on any atom is -0.497 e. The highest BCUT2D eigenvalue weighted by Crippen LogP contribution is 2.30. The third-order valence-corrected chi connectivity index (χ3v) is 4.42. The highest BCUT2D eigenvalue weighted by atomic mass is 35.5. The standard InChI is InChI=1S/C21H21ClN4O6/c1-29-14-4-6-15(7-5-14)31-12-18(27)23-9-10-24-20(28)21-25-19(26-32-21)16-11-13(22)3-8-17(16)30-2/h3-8,11H,9-10,12H2,1-2H3,(H,23,27)(H,24,28). The van der Waals surface area contributed by atoms with E-state index in [0.29, 0.717) is 27.8 Å². The van der Waals surface area contributed by atoms with Crippen LogP contribution < -0.4 is 24.8 Å². The summed E-state index contributed by atoms with van der Waals surface area (Å²) >= 11 is 6.00. The first kappa shape index (κ1) is 22.9. The van der Waals surface area contributed by atoms with Crippen LogP contribution in [0.2, 0.25) is 5.02 Å². The Hall–Kier alpha value is -3.79. The Balaban J connectivity index is 1.42. The number of carbonyl (C=O) groups is 2. The number of aromatic nitrogens is 2. The van der Waals surface area contributed by atoms with Crippen molar-refractivity contribution in [3.63, 3.8) is 0 Å². The number of hydrogen-bond donors (Lipinski definition) is 2. The smallest absolute Gasteiger partial charge is 0.316 e. The zero-order valence-corrected chi connectivity index (χ0v) is 18.1. The average molecular weight is 461 g/mol. The molecule has 0 fully saturated rings. The number of hydrogen-bond acceptors (Lipinski definition) is 8. The van der Waals surface area contributed by atoms with Crippen molar-refractivity contribution < 1.29 is 28.3 Å². The lowest BCUT2D eigenvalue weighted by Crippen LogP contribution is -2.36. The second-order valence-electron chi connectivity index (χ2n) is 6.34. The van der Waals surface area contributed by atoms with Crippen LogP contribution in [0.15, 0.2) is 47.0 Å². The van der Waals surface area contributed by atoms with Crippen LogP contribution in [0.4, 0.5) is 0 Å². The van der Waals surface area contributed by atoms with E-state index in [0.717, 1.165) is 0 Å². The number of benzene rings is 2. The molecule has 32 heavy (non-hydrogen) atoms. The molecule has 2 N–H and O–H groups in total. The second-order valence-corrected chi connectivity index (χ2v) is 6.77. The predicted octanol–water partition coefficient (Wildman–Crippen LogP) is 2.33. The minimum absolute atomic E-state index is 0.158. The molecule has 2 aromatic carbocycles. The molecule has 3 aromatic rings. The number of ether oxygens (including phenoxy) is 3. The molecule has 0 bridgehead atoms. The quantitative estimate of drug-likeness (QED) is 0.442. The topological polar surface area (TPSA) is 125 Å². The summed E-state index contributed by atoms with van der Waals surface area (Å²) in [4.78, 5) is 28.1. The number of rotatable bonds is 10. The van der Waals surface area contributed by atoms with Crippen molar-refractivity contribution in [2.45, 2.75) is 0 Å². The zero-order valence-electron chi connectivity index (χ0n) is 17.4. The lowest BCUT2D eigenvalue weighted by molar-refractivity contribution is -0.123. The fourth-order valence-corrected chi connectivity index (χ4v) is 2.78. The number of carbonyl (C=O) groups excluding carboxylic acids is 2. The first-order valence-electron chi connectivity index (χ1n) is 9.49. The molecule has 1 heterocycles. The lowest BCUT2D eigenvalue weighted by atomic mass is 10.2. The maximum Gasteiger partial charge on any atom is 0.316 e. The minimum atomic E-state index is -0.575. The molecule has 0 saturated carbocycles. The van der Waals surface area contributed by atoms with Crippen LogP contribution in [-0.2, 0) is 4.79 Å². The fraction of sp³-hybridized carbons (Fsp3) is 0.238. The van der Waals surface area contributed by atoms with Gasteiger partial charge >= 0.3 is 11.8 Å². The lowest BCUT2D eigenvalue weighted by Gasteiger charge is -2.08. The van der Waals surface area contributed by atoms with E-state index in [9.17, 15) is 9.59 Å². The highest BCUT2D eigenvalue weighted by molar-refractivity contribution is 6.30. The zero-order chi connectivity index (χ0) is 22.9. The SMILES string of the molecule is COc1ccc(OCC(=O)NCCNC(=O)c2nc(-c3cc(Cl)ccc3OC)no2)cc1. The van der Waals surface area contributed by atoms with Gasteiger partial charge in [-0.2, -0.15) is 4.98 Å². The van der Waals surface area contributed by atoms with Gasteiger partial charge < -0.3 is 29.4 Å². The van der Waals surface area contributed by atoms with Crippen molar-refractivity contribution >= 4 is 23.4 Å². The van der Waals surface area contributed by atoms with Gasteiger partial charge in [0.2, 0.25) is 5.82 Å². The molecule has 1 aromatic heterocycles. The van der Waals surface area contributed by atoms with Gasteiger partial charge in [-0.3, -0.25) is 9.59 Å². The Kier molecular flexibility index (Phi) is 7.87. The third-order valence-electron chi connectivity index (χ3n) is 4.18. The van der Waals surface area contributed by atoms with E-state index in [1.807, 2.05) is 0 Å². The van der Waals surface area contributed by atoms with Crippen LogP contribution in [0.3, 0.4) is 0 Å². The van der Waals surface area contributed by atoms with Crippen molar-refractivity contribution in [1.82, 2.24) is 20.8 Å². The van der Waals surface area contributed by atoms with Gasteiger partial charge in [0, 0.05) is 18.1 Å². The summed E-state index contributed by atoms with van der Waals surface area (Å²) in [6, 6.07) is 11.8. The summed E-state index contributed by atoms with van der Waals surface area (Å²) in [6.07, 6.45) is 0. The van der Waals surface area contributed by atoms with Crippen molar-refractivity contribution in [2.75, 3.05) is 33.9 Å². The highest BCUT2D eigenvalue weighted by Gasteiger charge is 2.18. The normalized spacial score (nSPS) is 10.3. The Morgan fingerprint density at radius 1 is 1.00 bits per heavy atom. The molecule has 3 rings (SSSR count). The maximum absolute atomic E-state index is 12.2. The van der Waals surface area contributed by atoms with Gasteiger partial charge in [0.1, 0.15) is 17.2 Å². The van der Waals surface area contributed by atoms with E-state index in [-0.39, 0.29) is 37.3 Å². The number of methoxy groups -OCH3 is 2. The van der Waals surface area contributed by atoms with Crippen molar-refractivity contribution in [3.05, 3.63) is 53.4 Å². The van der Waals surface area contributed by atoms with Crippen LogP contribution in [0.5, 0.6) is 17.2 Å². The number of nitrogens with zero attached hydrogens (tertiary/aromatic N) is 2. The van der Waals surface area contributed by atoms with E-state index >= 15 is 0 Å². The fourth-order valence-electron chi connectivity index (χ4n) is 2.61. The summed E-state index contributed by atoms with van der Waals surface area (Å²) in [5.74, 6) is 0.753. The summed E-state index contributed by atoms with van der Waals surface area (Å²) in [7, 11) is 3.06. The van der Waals surface area contributed by atoms with Gasteiger partial charge in [0.05, 0.1) is 19.8 Å². The molecule has 10 nitrogen and oxygen atoms in total. The van der Waals surface area contributed by atoms with Gasteiger partial charge in [-0.25, -0.2) is 0 Å². The first-order chi connectivity index (χ1) is 15.5. The van der Waals surface area contributed by atoms with Gasteiger partial charge in [0.25, 0.3) is 5.91 Å². The molecule has 0 atom stereocenters. The molecular weight excluding hydrogens is 440 g/mol. The van der Waals surface area contributed by atoms with Crippen LogP contribution in [0.25, 0.3) is 11.4 Å². The van der Waals surface area contributed by atoms with Gasteiger partial charge in [0.15, 0.2) is 6.61 Å². The Morgan fingerprint density at radius 3 is 2.44 bits per heavy atom. The van der Waals surface area contributed by atoms with Crippen molar-refractivity contribution in [1.29, 1.82) is 0 Å². The van der Waals surface area contributed by atoms with E-state index in [2.05, 4.69) is 20.8 Å². The average Bonchev–Trinajstić information content (AvgIpc) is 3.31. The molecular formula is C21H21ClN4O6. The molecule has 0 aliphatic rings. The van der Waals surface area contributed by atoms with Gasteiger partial charge in [-0.05, 0) is 42.5 Å². The molecule has 0 radical (unpaired) electrons. The van der Waals surface area contributed by atoms with E-state index in [4.69, 9.17) is 30.3 Å². The van der Waals surface area contributed by atoms with E-state index < -0.39 is 5.91 Å². The Morgan fingerprint density at radius 2 is 1.72 bits per heavy atom. The number of nitrogens with one attached hydrogen (secondary N) is 2. The molecule has 0 unspecified atom stereocenters. The largest absolute Gasteiger partial charge is 0.497 e. The van der Waals surface area contributed by atoms with Crippen LogP contribution in [-0.4, -0.2) is 55.9 Å². The molecule has 11 heteroatoms. The first-order valence-corrected chi connectivity index (χ1v) is 9.87. The summed E-state index contributed by atoms with van der Waals surface area (Å²) in [5.41, 5.74) is 0.493. The summed E-state index contributed by atoms with van der Waals surface area (Å²) in [5, 5.41) is 9.48. The van der Waals surface area contributed by atoms with E-state index in [1.165, 1.54) is 7.11 Å².